The molecule has 3 N–H and O–H groups in total. The lowest BCUT2D eigenvalue weighted by atomic mass is 9.96. The maximum atomic E-state index is 12.7. The summed E-state index contributed by atoms with van der Waals surface area (Å²) in [7, 11) is 1.97. The number of nitrogens with one attached hydrogen (secondary N) is 1. The quantitative estimate of drug-likeness (QED) is 0.697. The van der Waals surface area contributed by atoms with Crippen LogP contribution in [0.25, 0.3) is 0 Å². The molecule has 138 valence electrons. The highest BCUT2D eigenvalue weighted by Crippen LogP contribution is 2.24. The van der Waals surface area contributed by atoms with E-state index in [-0.39, 0.29) is 6.04 Å². The Balaban J connectivity index is 1.91. The number of alkyl halides is 2. The minimum absolute atomic E-state index is 0.167. The van der Waals surface area contributed by atoms with Crippen molar-refractivity contribution in [2.24, 2.45) is 5.73 Å². The minimum atomic E-state index is -2.79. The van der Waals surface area contributed by atoms with E-state index in [4.69, 9.17) is 10.5 Å². The number of likely N-dealkylation sites (tertiary alicyclic amines) is 1. The summed E-state index contributed by atoms with van der Waals surface area (Å²) in [5.74, 6) is 0. The summed E-state index contributed by atoms with van der Waals surface area (Å²) in [6.45, 7) is 4.21. The third kappa shape index (κ3) is 5.24. The van der Waals surface area contributed by atoms with Crippen LogP contribution >= 0.6 is 0 Å². The second-order valence-electron chi connectivity index (χ2n) is 6.38. The Morgan fingerprint density at radius 2 is 2.12 bits per heavy atom. The molecule has 0 aromatic heterocycles. The molecule has 2 aliphatic rings. The summed E-state index contributed by atoms with van der Waals surface area (Å²) in [6, 6.07) is 0.391. The maximum absolute atomic E-state index is 12.7. The molecule has 5 nitrogen and oxygen atoms in total. The molecular weight excluding hydrogens is 314 g/mol. The molecule has 2 unspecified atom stereocenters. The van der Waals surface area contributed by atoms with Crippen LogP contribution in [0.3, 0.4) is 0 Å². The number of rotatable bonds is 8. The summed E-state index contributed by atoms with van der Waals surface area (Å²) in [5, 5.41) is 3.19. The van der Waals surface area contributed by atoms with Gasteiger partial charge in [0, 0.05) is 37.9 Å². The van der Waals surface area contributed by atoms with Crippen molar-refractivity contribution in [3.05, 3.63) is 23.9 Å². The Bertz CT molecular complexity index is 436. The van der Waals surface area contributed by atoms with Crippen molar-refractivity contribution in [2.45, 2.75) is 44.6 Å². The standard InChI is InChI=1S/C17H30F2N4O/c1-3-22(11-8-21-2)14-6-9-23(10-7-14)15-5-4-13(20)12-16(15)24-17(18)19/h4-5,12,14-17,21H,3,6-11,20H2,1-2H3. The topological polar surface area (TPSA) is 53.8 Å². The Morgan fingerprint density at radius 1 is 1.42 bits per heavy atom. The van der Waals surface area contributed by atoms with Gasteiger partial charge in [0.2, 0.25) is 0 Å². The molecule has 1 heterocycles. The van der Waals surface area contributed by atoms with Crippen LogP contribution < -0.4 is 11.1 Å². The smallest absolute Gasteiger partial charge is 0.345 e. The first kappa shape index (κ1) is 19.3. The van der Waals surface area contributed by atoms with Crippen molar-refractivity contribution >= 4 is 0 Å². The molecule has 7 heteroatoms. The summed E-state index contributed by atoms with van der Waals surface area (Å²) in [6.07, 6.45) is 6.67. The van der Waals surface area contributed by atoms with Gasteiger partial charge in [-0.25, -0.2) is 0 Å². The number of likely N-dealkylation sites (N-methyl/N-ethyl adjacent to an activating group) is 2. The lowest BCUT2D eigenvalue weighted by Gasteiger charge is -2.42. The molecule has 0 radical (unpaired) electrons. The number of nitrogens with two attached hydrogens (primary N) is 1. The Hall–Kier alpha value is -1.02. The SMILES string of the molecule is CCN(CCNC)C1CCN(C2C=CC(N)=CC2OC(F)F)CC1. The highest BCUT2D eigenvalue weighted by Gasteiger charge is 2.33. The lowest BCUT2D eigenvalue weighted by molar-refractivity contribution is -0.162. The first-order chi connectivity index (χ1) is 11.5. The van der Waals surface area contributed by atoms with E-state index in [9.17, 15) is 8.78 Å². The van der Waals surface area contributed by atoms with E-state index in [0.29, 0.717) is 11.7 Å². The Kier molecular flexibility index (Phi) is 7.61. The summed E-state index contributed by atoms with van der Waals surface area (Å²) >= 11 is 0. The molecule has 0 saturated carbocycles. The number of ether oxygens (including phenoxy) is 1. The maximum Gasteiger partial charge on any atom is 0.345 e. The van der Waals surface area contributed by atoms with Crippen LogP contribution in [-0.4, -0.2) is 74.4 Å². The number of halogens is 2. The van der Waals surface area contributed by atoms with Gasteiger partial charge >= 0.3 is 6.61 Å². The van der Waals surface area contributed by atoms with Gasteiger partial charge in [0.1, 0.15) is 6.10 Å². The van der Waals surface area contributed by atoms with Gasteiger partial charge in [0.25, 0.3) is 0 Å². The first-order valence-corrected chi connectivity index (χ1v) is 8.77. The van der Waals surface area contributed by atoms with Gasteiger partial charge in [-0.1, -0.05) is 13.0 Å². The summed E-state index contributed by atoms with van der Waals surface area (Å²) in [4.78, 5) is 4.73. The molecule has 2 atom stereocenters. The molecule has 0 spiro atoms. The van der Waals surface area contributed by atoms with Crippen molar-refractivity contribution in [1.82, 2.24) is 15.1 Å². The van der Waals surface area contributed by atoms with Crippen LogP contribution in [-0.2, 0) is 4.74 Å². The molecule has 1 fully saturated rings. The van der Waals surface area contributed by atoms with Crippen molar-refractivity contribution in [3.63, 3.8) is 0 Å². The number of hydrogen-bond donors (Lipinski definition) is 2. The van der Waals surface area contributed by atoms with Gasteiger partial charge in [-0.3, -0.25) is 9.80 Å². The Morgan fingerprint density at radius 3 is 2.71 bits per heavy atom. The van der Waals surface area contributed by atoms with Gasteiger partial charge in [0.05, 0.1) is 6.04 Å². The molecule has 2 rings (SSSR count). The summed E-state index contributed by atoms with van der Waals surface area (Å²) < 4.78 is 30.1. The van der Waals surface area contributed by atoms with Crippen LogP contribution in [0, 0.1) is 0 Å². The van der Waals surface area contributed by atoms with E-state index in [1.54, 1.807) is 12.2 Å². The third-order valence-electron chi connectivity index (χ3n) is 4.93. The average molecular weight is 344 g/mol. The van der Waals surface area contributed by atoms with Gasteiger partial charge in [0.15, 0.2) is 0 Å². The molecule has 1 aliphatic carbocycles. The predicted octanol–water partition coefficient (Wildman–Crippen LogP) is 1.38. The minimum Gasteiger partial charge on any atom is -0.399 e. The fourth-order valence-electron chi connectivity index (χ4n) is 3.63. The molecular formula is C17H30F2N4O. The number of nitrogens with zero attached hydrogens (tertiary/aromatic N) is 2. The van der Waals surface area contributed by atoms with Crippen LogP contribution in [0.15, 0.2) is 23.9 Å². The van der Waals surface area contributed by atoms with Crippen LogP contribution in [0.5, 0.6) is 0 Å². The second-order valence-corrected chi connectivity index (χ2v) is 6.38. The van der Waals surface area contributed by atoms with Crippen molar-refractivity contribution in [2.75, 3.05) is 39.8 Å². The highest BCUT2D eigenvalue weighted by molar-refractivity contribution is 5.26. The van der Waals surface area contributed by atoms with Gasteiger partial charge < -0.3 is 15.8 Å². The molecule has 24 heavy (non-hydrogen) atoms. The monoisotopic (exact) mass is 344 g/mol. The van der Waals surface area contributed by atoms with E-state index in [0.717, 1.165) is 45.6 Å². The van der Waals surface area contributed by atoms with E-state index in [2.05, 4.69) is 22.0 Å². The average Bonchev–Trinajstić information content (AvgIpc) is 2.56. The Labute approximate surface area is 143 Å². The number of allylic oxidation sites excluding steroid dienone is 1. The number of hydrogen-bond acceptors (Lipinski definition) is 5. The van der Waals surface area contributed by atoms with Crippen molar-refractivity contribution in [3.8, 4) is 0 Å². The van der Waals surface area contributed by atoms with E-state index >= 15 is 0 Å². The van der Waals surface area contributed by atoms with Gasteiger partial charge in [-0.05, 0) is 38.6 Å². The van der Waals surface area contributed by atoms with Crippen LogP contribution in [0.2, 0.25) is 0 Å². The molecule has 0 bridgehead atoms. The van der Waals surface area contributed by atoms with Gasteiger partial charge in [-0.15, -0.1) is 0 Å². The molecule has 1 aliphatic heterocycles. The highest BCUT2D eigenvalue weighted by atomic mass is 19.3. The zero-order valence-corrected chi connectivity index (χ0v) is 14.6. The molecule has 0 amide bonds. The van der Waals surface area contributed by atoms with Crippen LogP contribution in [0.4, 0.5) is 8.78 Å². The third-order valence-corrected chi connectivity index (χ3v) is 4.93. The van der Waals surface area contributed by atoms with E-state index < -0.39 is 12.7 Å². The van der Waals surface area contributed by atoms with Gasteiger partial charge in [-0.2, -0.15) is 8.78 Å². The van der Waals surface area contributed by atoms with Crippen LogP contribution in [0.1, 0.15) is 19.8 Å². The second kappa shape index (κ2) is 9.46. The van der Waals surface area contributed by atoms with E-state index in [1.807, 2.05) is 13.1 Å². The number of piperidine rings is 1. The molecule has 0 aromatic carbocycles. The normalized spacial score (nSPS) is 26.3. The zero-order chi connectivity index (χ0) is 17.5. The molecule has 0 aromatic rings. The predicted molar refractivity (Wildman–Crippen MR) is 91.8 cm³/mol. The fraction of sp³-hybridized carbons (Fsp3) is 0.765. The largest absolute Gasteiger partial charge is 0.399 e. The van der Waals surface area contributed by atoms with Crippen molar-refractivity contribution < 1.29 is 13.5 Å². The van der Waals surface area contributed by atoms with E-state index in [1.165, 1.54) is 0 Å². The summed E-state index contributed by atoms with van der Waals surface area (Å²) in [5.41, 5.74) is 6.22. The fourth-order valence-corrected chi connectivity index (χ4v) is 3.63. The lowest BCUT2D eigenvalue weighted by Crippen LogP contribution is -2.52. The molecule has 1 saturated heterocycles. The zero-order valence-electron chi connectivity index (χ0n) is 14.6. The first-order valence-electron chi connectivity index (χ1n) is 8.77. The van der Waals surface area contributed by atoms with Crippen molar-refractivity contribution in [1.29, 1.82) is 0 Å².